The molecule has 1 unspecified atom stereocenters. The molecule has 0 radical (unpaired) electrons. The summed E-state index contributed by atoms with van der Waals surface area (Å²) in [5.41, 5.74) is 3.74. The van der Waals surface area contributed by atoms with Crippen molar-refractivity contribution in [2.45, 2.75) is 32.2 Å². The summed E-state index contributed by atoms with van der Waals surface area (Å²) in [6.45, 7) is 1.98. The van der Waals surface area contributed by atoms with Gasteiger partial charge >= 0.3 is 0 Å². The molecular weight excluding hydrogens is 318 g/mol. The minimum atomic E-state index is -0.145. The van der Waals surface area contributed by atoms with Crippen molar-refractivity contribution in [1.82, 2.24) is 25.2 Å². The van der Waals surface area contributed by atoms with Crippen LogP contribution in [0.4, 0.5) is 0 Å². The minimum Gasteiger partial charge on any atom is -0.344 e. The fourth-order valence-electron chi connectivity index (χ4n) is 3.19. The first-order valence-corrected chi connectivity index (χ1v) is 8.40. The van der Waals surface area contributed by atoms with Gasteiger partial charge in [0.1, 0.15) is 5.69 Å². The van der Waals surface area contributed by atoms with Crippen LogP contribution in [0.2, 0.25) is 0 Å². The first-order valence-electron chi connectivity index (χ1n) is 8.40. The highest BCUT2D eigenvalue weighted by Crippen LogP contribution is 2.33. The molecule has 25 heavy (non-hydrogen) atoms. The summed E-state index contributed by atoms with van der Waals surface area (Å²) < 4.78 is 6.81. The third kappa shape index (κ3) is 2.93. The standard InChI is InChI=1S/C18H19N5O2/c1-3-16-20-17(22-25-16)12-4-6-13-11(10-12)5-7-14(13)19-18(24)15-8-9-23(2)21-15/h4,6,8-10,14H,3,5,7H2,1-2H3,(H,19,24). The fraction of sp³-hybridized carbons (Fsp3) is 0.333. The molecule has 1 aromatic carbocycles. The highest BCUT2D eigenvalue weighted by atomic mass is 16.5. The van der Waals surface area contributed by atoms with E-state index in [0.29, 0.717) is 17.4 Å². The molecule has 4 rings (SSSR count). The molecule has 128 valence electrons. The van der Waals surface area contributed by atoms with Gasteiger partial charge in [0, 0.05) is 25.2 Å². The summed E-state index contributed by atoms with van der Waals surface area (Å²) in [4.78, 5) is 16.7. The van der Waals surface area contributed by atoms with E-state index in [9.17, 15) is 4.79 Å². The molecule has 7 nitrogen and oxygen atoms in total. The predicted molar refractivity (Wildman–Crippen MR) is 90.8 cm³/mol. The van der Waals surface area contributed by atoms with E-state index in [4.69, 9.17) is 4.52 Å². The minimum absolute atomic E-state index is 0.00928. The first kappa shape index (κ1) is 15.6. The Kier molecular flexibility index (Phi) is 3.83. The Labute approximate surface area is 145 Å². The largest absolute Gasteiger partial charge is 0.344 e. The zero-order valence-electron chi connectivity index (χ0n) is 14.2. The van der Waals surface area contributed by atoms with Crippen molar-refractivity contribution in [3.05, 3.63) is 53.2 Å². The molecule has 1 N–H and O–H groups in total. The van der Waals surface area contributed by atoms with Crippen LogP contribution in [0.5, 0.6) is 0 Å². The lowest BCUT2D eigenvalue weighted by Gasteiger charge is -2.13. The van der Waals surface area contributed by atoms with Crippen LogP contribution in [0.25, 0.3) is 11.4 Å². The zero-order chi connectivity index (χ0) is 17.4. The second-order valence-electron chi connectivity index (χ2n) is 6.22. The van der Waals surface area contributed by atoms with Crippen molar-refractivity contribution in [2.24, 2.45) is 7.05 Å². The van der Waals surface area contributed by atoms with Crippen LogP contribution in [0.3, 0.4) is 0 Å². The molecule has 1 atom stereocenters. The maximum Gasteiger partial charge on any atom is 0.272 e. The summed E-state index contributed by atoms with van der Waals surface area (Å²) in [6.07, 6.45) is 4.28. The van der Waals surface area contributed by atoms with E-state index in [0.717, 1.165) is 30.4 Å². The molecule has 3 aromatic rings. The van der Waals surface area contributed by atoms with Gasteiger partial charge in [-0.2, -0.15) is 10.1 Å². The lowest BCUT2D eigenvalue weighted by Crippen LogP contribution is -2.27. The Bertz CT molecular complexity index is 927. The molecule has 0 saturated heterocycles. The Morgan fingerprint density at radius 3 is 3.00 bits per heavy atom. The Morgan fingerprint density at radius 1 is 1.40 bits per heavy atom. The van der Waals surface area contributed by atoms with E-state index in [-0.39, 0.29) is 11.9 Å². The number of hydrogen-bond donors (Lipinski definition) is 1. The molecule has 1 aliphatic rings. The second kappa shape index (κ2) is 6.16. The van der Waals surface area contributed by atoms with E-state index in [1.807, 2.05) is 19.1 Å². The number of hydrogen-bond acceptors (Lipinski definition) is 5. The smallest absolute Gasteiger partial charge is 0.272 e. The van der Waals surface area contributed by atoms with Gasteiger partial charge in [0.25, 0.3) is 5.91 Å². The molecule has 0 aliphatic heterocycles. The van der Waals surface area contributed by atoms with Gasteiger partial charge in [-0.3, -0.25) is 9.48 Å². The second-order valence-corrected chi connectivity index (χ2v) is 6.22. The van der Waals surface area contributed by atoms with Gasteiger partial charge in [-0.05, 0) is 36.1 Å². The SMILES string of the molecule is CCc1nc(-c2ccc3c(c2)CCC3NC(=O)c2ccn(C)n2)no1. The number of carbonyl (C=O) groups excluding carboxylic acids is 1. The highest BCUT2D eigenvalue weighted by Gasteiger charge is 2.25. The van der Waals surface area contributed by atoms with Gasteiger partial charge in [0.15, 0.2) is 0 Å². The molecule has 1 amide bonds. The van der Waals surface area contributed by atoms with Crippen molar-refractivity contribution in [3.8, 4) is 11.4 Å². The number of amides is 1. The Balaban J connectivity index is 1.54. The number of fused-ring (bicyclic) bond motifs is 1. The summed E-state index contributed by atoms with van der Waals surface area (Å²) >= 11 is 0. The summed E-state index contributed by atoms with van der Waals surface area (Å²) in [6, 6.07) is 7.84. The number of benzene rings is 1. The lowest BCUT2D eigenvalue weighted by molar-refractivity contribution is 0.0931. The Hall–Kier alpha value is -2.96. The van der Waals surface area contributed by atoms with Crippen LogP contribution in [0.15, 0.2) is 35.0 Å². The molecule has 0 fully saturated rings. The van der Waals surface area contributed by atoms with Crippen molar-refractivity contribution < 1.29 is 9.32 Å². The number of rotatable bonds is 4. The van der Waals surface area contributed by atoms with Crippen molar-refractivity contribution in [2.75, 3.05) is 0 Å². The topological polar surface area (TPSA) is 85.8 Å². The normalized spacial score (nSPS) is 16.0. The van der Waals surface area contributed by atoms with Crippen LogP contribution in [0.1, 0.15) is 46.9 Å². The van der Waals surface area contributed by atoms with E-state index < -0.39 is 0 Å². The molecule has 1 aliphatic carbocycles. The molecule has 7 heteroatoms. The molecule has 2 heterocycles. The third-order valence-corrected chi connectivity index (χ3v) is 4.50. The summed E-state index contributed by atoms with van der Waals surface area (Å²) in [7, 11) is 1.80. The van der Waals surface area contributed by atoms with E-state index in [2.05, 4.69) is 26.6 Å². The van der Waals surface area contributed by atoms with Crippen LogP contribution < -0.4 is 5.32 Å². The maximum atomic E-state index is 12.3. The van der Waals surface area contributed by atoms with Crippen LogP contribution in [-0.2, 0) is 19.9 Å². The van der Waals surface area contributed by atoms with Gasteiger partial charge in [-0.15, -0.1) is 0 Å². The first-order chi connectivity index (χ1) is 12.1. The lowest BCUT2D eigenvalue weighted by atomic mass is 10.0. The van der Waals surface area contributed by atoms with Crippen LogP contribution in [0, 0.1) is 0 Å². The average molecular weight is 337 g/mol. The number of aryl methyl sites for hydroxylation is 3. The molecular formula is C18H19N5O2. The fourth-order valence-corrected chi connectivity index (χ4v) is 3.19. The third-order valence-electron chi connectivity index (χ3n) is 4.50. The number of aromatic nitrogens is 4. The van der Waals surface area contributed by atoms with Gasteiger partial charge in [0.2, 0.25) is 11.7 Å². The average Bonchev–Trinajstić information content (AvgIpc) is 3.34. The van der Waals surface area contributed by atoms with E-state index in [1.54, 1.807) is 24.0 Å². The number of nitrogens with zero attached hydrogens (tertiary/aromatic N) is 4. The van der Waals surface area contributed by atoms with Gasteiger partial charge in [-0.25, -0.2) is 0 Å². The van der Waals surface area contributed by atoms with Gasteiger partial charge in [-0.1, -0.05) is 24.2 Å². The monoisotopic (exact) mass is 337 g/mol. The van der Waals surface area contributed by atoms with Gasteiger partial charge < -0.3 is 9.84 Å². The molecule has 2 aromatic heterocycles. The van der Waals surface area contributed by atoms with Crippen LogP contribution >= 0.6 is 0 Å². The van der Waals surface area contributed by atoms with Gasteiger partial charge in [0.05, 0.1) is 6.04 Å². The summed E-state index contributed by atoms with van der Waals surface area (Å²) in [5.74, 6) is 1.10. The molecule has 0 saturated carbocycles. The number of nitrogens with one attached hydrogen (secondary N) is 1. The maximum absolute atomic E-state index is 12.3. The van der Waals surface area contributed by atoms with Crippen LogP contribution in [-0.4, -0.2) is 25.8 Å². The van der Waals surface area contributed by atoms with Crippen molar-refractivity contribution in [1.29, 1.82) is 0 Å². The molecule has 0 bridgehead atoms. The zero-order valence-corrected chi connectivity index (χ0v) is 14.2. The van der Waals surface area contributed by atoms with Crippen molar-refractivity contribution >= 4 is 5.91 Å². The highest BCUT2D eigenvalue weighted by molar-refractivity contribution is 5.92. The van der Waals surface area contributed by atoms with E-state index >= 15 is 0 Å². The van der Waals surface area contributed by atoms with Crippen molar-refractivity contribution in [3.63, 3.8) is 0 Å². The quantitative estimate of drug-likeness (QED) is 0.790. The predicted octanol–water partition coefficient (Wildman–Crippen LogP) is 2.45. The number of carbonyl (C=O) groups is 1. The Morgan fingerprint density at radius 2 is 2.28 bits per heavy atom. The summed E-state index contributed by atoms with van der Waals surface area (Å²) in [5, 5.41) is 11.2. The van der Waals surface area contributed by atoms with E-state index in [1.165, 1.54) is 5.56 Å². The molecule has 0 spiro atoms.